The molecule has 1 amide bonds. The van der Waals surface area contributed by atoms with Crippen LogP contribution in [0.3, 0.4) is 0 Å². The number of hydrogen-bond donors (Lipinski definition) is 1. The number of pyridine rings is 1. The van der Waals surface area contributed by atoms with Crippen molar-refractivity contribution in [1.82, 2.24) is 15.0 Å². The normalized spacial score (nSPS) is 10.0. The maximum Gasteiger partial charge on any atom is 0.275 e. The third-order valence-corrected chi connectivity index (χ3v) is 2.67. The number of nitrogens with one attached hydrogen (secondary N) is 1. The summed E-state index contributed by atoms with van der Waals surface area (Å²) in [6, 6.07) is 1.67. The summed E-state index contributed by atoms with van der Waals surface area (Å²) in [7, 11) is 0. The first kappa shape index (κ1) is 11.9. The van der Waals surface area contributed by atoms with E-state index in [4.69, 9.17) is 11.6 Å². The zero-order valence-corrected chi connectivity index (χ0v) is 10.7. The molecule has 86 valence electrons. The standard InChI is InChI=1S/C10H6BrClN4O/c11-6-3-13-2-1-7(6)16-10(17)8-4-14-5-9(12)15-8/h1-5H,(H,13,16,17). The Morgan fingerprint density at radius 2 is 2.12 bits per heavy atom. The fraction of sp³-hybridized carbons (Fsp3) is 0. The summed E-state index contributed by atoms with van der Waals surface area (Å²) in [6.45, 7) is 0. The van der Waals surface area contributed by atoms with Crippen LogP contribution in [0, 0.1) is 0 Å². The Morgan fingerprint density at radius 1 is 1.29 bits per heavy atom. The number of nitrogens with zero attached hydrogens (tertiary/aromatic N) is 3. The molecule has 17 heavy (non-hydrogen) atoms. The molecule has 0 saturated heterocycles. The Morgan fingerprint density at radius 3 is 2.82 bits per heavy atom. The minimum Gasteiger partial charge on any atom is -0.319 e. The van der Waals surface area contributed by atoms with Gasteiger partial charge in [0.05, 0.1) is 22.6 Å². The average Bonchev–Trinajstić information content (AvgIpc) is 2.32. The first-order chi connectivity index (χ1) is 8.16. The first-order valence-corrected chi connectivity index (χ1v) is 5.72. The molecule has 5 nitrogen and oxygen atoms in total. The molecule has 0 aliphatic heterocycles. The molecule has 2 aromatic heterocycles. The fourth-order valence-electron chi connectivity index (χ4n) is 1.11. The number of carbonyl (C=O) groups excluding carboxylic acids is 1. The van der Waals surface area contributed by atoms with Crippen molar-refractivity contribution >= 4 is 39.1 Å². The maximum atomic E-state index is 11.8. The van der Waals surface area contributed by atoms with E-state index in [9.17, 15) is 4.79 Å². The van der Waals surface area contributed by atoms with Gasteiger partial charge in [0.1, 0.15) is 10.8 Å². The van der Waals surface area contributed by atoms with E-state index in [1.54, 1.807) is 18.5 Å². The molecule has 0 spiro atoms. The summed E-state index contributed by atoms with van der Waals surface area (Å²) >= 11 is 8.92. The van der Waals surface area contributed by atoms with Crippen LogP contribution in [0.25, 0.3) is 0 Å². The van der Waals surface area contributed by atoms with Crippen molar-refractivity contribution in [2.45, 2.75) is 0 Å². The molecule has 7 heteroatoms. The van der Waals surface area contributed by atoms with Crippen LogP contribution < -0.4 is 5.32 Å². The molecule has 0 bridgehead atoms. The van der Waals surface area contributed by atoms with Gasteiger partial charge in [-0.2, -0.15) is 0 Å². The molecule has 0 aliphatic carbocycles. The predicted molar refractivity (Wildman–Crippen MR) is 66.9 cm³/mol. The van der Waals surface area contributed by atoms with E-state index < -0.39 is 0 Å². The number of anilines is 1. The molecule has 2 aromatic rings. The Kier molecular flexibility index (Phi) is 3.65. The van der Waals surface area contributed by atoms with Gasteiger partial charge in [0.15, 0.2) is 0 Å². The van der Waals surface area contributed by atoms with Gasteiger partial charge in [0, 0.05) is 12.4 Å². The zero-order chi connectivity index (χ0) is 12.3. The highest BCUT2D eigenvalue weighted by molar-refractivity contribution is 9.10. The highest BCUT2D eigenvalue weighted by atomic mass is 79.9. The van der Waals surface area contributed by atoms with E-state index >= 15 is 0 Å². The van der Waals surface area contributed by atoms with Crippen LogP contribution in [0.5, 0.6) is 0 Å². The van der Waals surface area contributed by atoms with Gasteiger partial charge >= 0.3 is 0 Å². The first-order valence-electron chi connectivity index (χ1n) is 4.55. The monoisotopic (exact) mass is 312 g/mol. The minimum absolute atomic E-state index is 0.154. The Labute approximate surface area is 110 Å². The number of rotatable bonds is 2. The molecule has 2 heterocycles. The van der Waals surface area contributed by atoms with Gasteiger partial charge in [0.2, 0.25) is 0 Å². The highest BCUT2D eigenvalue weighted by Gasteiger charge is 2.10. The van der Waals surface area contributed by atoms with Crippen molar-refractivity contribution in [2.24, 2.45) is 0 Å². The van der Waals surface area contributed by atoms with Crippen LogP contribution in [-0.2, 0) is 0 Å². The smallest absolute Gasteiger partial charge is 0.275 e. The molecular formula is C10H6BrClN4O. The van der Waals surface area contributed by atoms with Crippen molar-refractivity contribution in [3.05, 3.63) is 46.2 Å². The van der Waals surface area contributed by atoms with Crippen LogP contribution in [0.4, 0.5) is 5.69 Å². The zero-order valence-electron chi connectivity index (χ0n) is 8.39. The highest BCUT2D eigenvalue weighted by Crippen LogP contribution is 2.20. The van der Waals surface area contributed by atoms with Crippen LogP contribution in [0.15, 0.2) is 35.3 Å². The molecular weight excluding hydrogens is 307 g/mol. The Bertz CT molecular complexity index is 564. The van der Waals surface area contributed by atoms with Crippen molar-refractivity contribution in [3.63, 3.8) is 0 Å². The van der Waals surface area contributed by atoms with Crippen LogP contribution in [0.1, 0.15) is 10.5 Å². The summed E-state index contributed by atoms with van der Waals surface area (Å²) in [4.78, 5) is 23.3. The van der Waals surface area contributed by atoms with E-state index in [0.29, 0.717) is 10.2 Å². The van der Waals surface area contributed by atoms with Crippen LogP contribution >= 0.6 is 27.5 Å². The molecule has 0 radical (unpaired) electrons. The van der Waals surface area contributed by atoms with Crippen molar-refractivity contribution in [3.8, 4) is 0 Å². The summed E-state index contributed by atoms with van der Waals surface area (Å²) in [6.07, 6.45) is 5.86. The SMILES string of the molecule is O=C(Nc1ccncc1Br)c1cncc(Cl)n1. The fourth-order valence-corrected chi connectivity index (χ4v) is 1.61. The van der Waals surface area contributed by atoms with Crippen LogP contribution in [0.2, 0.25) is 5.15 Å². The maximum absolute atomic E-state index is 11.8. The third-order valence-electron chi connectivity index (χ3n) is 1.86. The van der Waals surface area contributed by atoms with Gasteiger partial charge in [0.25, 0.3) is 5.91 Å². The van der Waals surface area contributed by atoms with Gasteiger partial charge in [-0.1, -0.05) is 11.6 Å². The minimum atomic E-state index is -0.382. The molecule has 0 atom stereocenters. The van der Waals surface area contributed by atoms with Gasteiger partial charge in [-0.05, 0) is 22.0 Å². The number of amides is 1. The van der Waals surface area contributed by atoms with Gasteiger partial charge in [-0.25, -0.2) is 4.98 Å². The van der Waals surface area contributed by atoms with Gasteiger partial charge in [-0.15, -0.1) is 0 Å². The molecule has 0 aromatic carbocycles. The van der Waals surface area contributed by atoms with E-state index in [2.05, 4.69) is 36.2 Å². The summed E-state index contributed by atoms with van der Waals surface area (Å²) in [5, 5.41) is 2.84. The van der Waals surface area contributed by atoms with E-state index in [1.807, 2.05) is 0 Å². The lowest BCUT2D eigenvalue weighted by molar-refractivity contribution is 0.102. The lowest BCUT2D eigenvalue weighted by Gasteiger charge is -2.05. The molecule has 0 fully saturated rings. The quantitative estimate of drug-likeness (QED) is 0.925. The lowest BCUT2D eigenvalue weighted by Crippen LogP contribution is -2.14. The second-order valence-corrected chi connectivity index (χ2v) is 4.28. The van der Waals surface area contributed by atoms with Gasteiger partial charge < -0.3 is 5.32 Å². The molecule has 0 saturated carbocycles. The van der Waals surface area contributed by atoms with Crippen molar-refractivity contribution in [2.75, 3.05) is 5.32 Å². The Hall–Kier alpha value is -1.53. The summed E-state index contributed by atoms with van der Waals surface area (Å²) in [5.41, 5.74) is 0.757. The second-order valence-electron chi connectivity index (χ2n) is 3.04. The number of hydrogen-bond acceptors (Lipinski definition) is 4. The number of aromatic nitrogens is 3. The number of halogens is 2. The second kappa shape index (κ2) is 5.20. The lowest BCUT2D eigenvalue weighted by atomic mass is 10.3. The Balaban J connectivity index is 2.20. The van der Waals surface area contributed by atoms with E-state index in [1.165, 1.54) is 12.4 Å². The average molecular weight is 314 g/mol. The van der Waals surface area contributed by atoms with Crippen molar-refractivity contribution < 1.29 is 4.79 Å². The largest absolute Gasteiger partial charge is 0.319 e. The summed E-state index contributed by atoms with van der Waals surface area (Å²) < 4.78 is 0.684. The summed E-state index contributed by atoms with van der Waals surface area (Å²) in [5.74, 6) is -0.382. The van der Waals surface area contributed by atoms with E-state index in [-0.39, 0.29) is 16.8 Å². The molecule has 2 rings (SSSR count). The topological polar surface area (TPSA) is 67.8 Å². The number of carbonyl (C=O) groups is 1. The molecule has 1 N–H and O–H groups in total. The van der Waals surface area contributed by atoms with Gasteiger partial charge in [-0.3, -0.25) is 14.8 Å². The predicted octanol–water partition coefficient (Wildman–Crippen LogP) is 2.54. The van der Waals surface area contributed by atoms with E-state index in [0.717, 1.165) is 0 Å². The van der Waals surface area contributed by atoms with Crippen LogP contribution in [-0.4, -0.2) is 20.9 Å². The third kappa shape index (κ3) is 2.98. The molecule has 0 aliphatic rings. The molecule has 0 unspecified atom stereocenters. The van der Waals surface area contributed by atoms with Crippen molar-refractivity contribution in [1.29, 1.82) is 0 Å².